The first kappa shape index (κ1) is 13.8. The van der Waals surface area contributed by atoms with E-state index in [2.05, 4.69) is 15.9 Å². The molecule has 0 aliphatic carbocycles. The third kappa shape index (κ3) is 3.45. The van der Waals surface area contributed by atoms with E-state index in [1.807, 2.05) is 18.2 Å². The Morgan fingerprint density at radius 2 is 2.33 bits per heavy atom. The van der Waals surface area contributed by atoms with E-state index in [1.54, 1.807) is 7.11 Å². The molecular formula is C13H17BrO4. The van der Waals surface area contributed by atoms with Gasteiger partial charge in [-0.05, 0) is 23.8 Å². The normalized spacial score (nSPS) is 21.6. The van der Waals surface area contributed by atoms with Gasteiger partial charge in [-0.1, -0.05) is 15.9 Å². The lowest BCUT2D eigenvalue weighted by Gasteiger charge is -2.27. The van der Waals surface area contributed by atoms with Gasteiger partial charge in [-0.3, -0.25) is 0 Å². The maximum Gasteiger partial charge on any atom is 0.119 e. The number of ether oxygens (including phenoxy) is 3. The second kappa shape index (κ2) is 6.52. The number of aliphatic hydroxyl groups excluding tert-OH is 1. The zero-order valence-corrected chi connectivity index (χ0v) is 11.9. The fourth-order valence-corrected chi connectivity index (χ4v) is 2.33. The van der Waals surface area contributed by atoms with Crippen LogP contribution in [-0.2, 0) is 15.9 Å². The quantitative estimate of drug-likeness (QED) is 0.920. The lowest BCUT2D eigenvalue weighted by molar-refractivity contribution is -0.131. The number of rotatable bonds is 4. The van der Waals surface area contributed by atoms with Crippen molar-refractivity contribution < 1.29 is 19.3 Å². The van der Waals surface area contributed by atoms with Crippen molar-refractivity contribution in [2.24, 2.45) is 0 Å². The van der Waals surface area contributed by atoms with Crippen LogP contribution in [0.1, 0.15) is 5.56 Å². The lowest BCUT2D eigenvalue weighted by Crippen LogP contribution is -2.39. The highest BCUT2D eigenvalue weighted by Crippen LogP contribution is 2.24. The first-order valence-corrected chi connectivity index (χ1v) is 6.70. The highest BCUT2D eigenvalue weighted by atomic mass is 79.9. The van der Waals surface area contributed by atoms with Gasteiger partial charge in [0.2, 0.25) is 0 Å². The topological polar surface area (TPSA) is 47.9 Å². The van der Waals surface area contributed by atoms with Gasteiger partial charge in [0.25, 0.3) is 0 Å². The molecule has 4 nitrogen and oxygen atoms in total. The first-order valence-electron chi connectivity index (χ1n) is 5.90. The second-order valence-corrected chi connectivity index (χ2v) is 5.07. The van der Waals surface area contributed by atoms with Gasteiger partial charge >= 0.3 is 0 Å². The van der Waals surface area contributed by atoms with Crippen molar-refractivity contribution in [2.75, 3.05) is 26.9 Å². The summed E-state index contributed by atoms with van der Waals surface area (Å²) in [5.74, 6) is 0.779. The summed E-state index contributed by atoms with van der Waals surface area (Å²) < 4.78 is 16.9. The Kier molecular flexibility index (Phi) is 5.00. The van der Waals surface area contributed by atoms with Crippen LogP contribution >= 0.6 is 15.9 Å². The summed E-state index contributed by atoms with van der Waals surface area (Å²) in [6, 6.07) is 5.70. The summed E-state index contributed by atoms with van der Waals surface area (Å²) in [6.07, 6.45) is -0.322. The monoisotopic (exact) mass is 316 g/mol. The molecule has 0 spiro atoms. The molecule has 1 saturated heterocycles. The molecule has 18 heavy (non-hydrogen) atoms. The standard InChI is InChI=1S/C13H17BrO4/c1-16-10-2-3-11(14)9(6-10)7-12(15)13-8-17-4-5-18-13/h2-3,6,12-13,15H,4-5,7-8H2,1H3. The largest absolute Gasteiger partial charge is 0.497 e. The van der Waals surface area contributed by atoms with Crippen LogP contribution in [0.5, 0.6) is 5.75 Å². The zero-order chi connectivity index (χ0) is 13.0. The predicted molar refractivity (Wildman–Crippen MR) is 71.0 cm³/mol. The number of halogens is 1. The molecule has 1 N–H and O–H groups in total. The molecule has 0 bridgehead atoms. The highest BCUT2D eigenvalue weighted by molar-refractivity contribution is 9.10. The lowest BCUT2D eigenvalue weighted by atomic mass is 10.0. The summed E-state index contributed by atoms with van der Waals surface area (Å²) in [7, 11) is 1.63. The summed E-state index contributed by atoms with van der Waals surface area (Å²) >= 11 is 3.47. The van der Waals surface area contributed by atoms with Gasteiger partial charge in [-0.2, -0.15) is 0 Å². The zero-order valence-electron chi connectivity index (χ0n) is 10.3. The third-order valence-corrected chi connectivity index (χ3v) is 3.73. The Bertz CT molecular complexity index is 391. The molecule has 100 valence electrons. The SMILES string of the molecule is COc1ccc(Br)c(CC(O)C2COCCO2)c1. The van der Waals surface area contributed by atoms with Gasteiger partial charge in [0, 0.05) is 10.9 Å². The van der Waals surface area contributed by atoms with E-state index in [0.29, 0.717) is 26.2 Å². The fourth-order valence-electron chi connectivity index (χ4n) is 1.92. The molecule has 2 unspecified atom stereocenters. The van der Waals surface area contributed by atoms with Gasteiger partial charge in [0.15, 0.2) is 0 Å². The molecule has 0 aromatic heterocycles. The van der Waals surface area contributed by atoms with Crippen LogP contribution in [0.25, 0.3) is 0 Å². The number of hydrogen-bond donors (Lipinski definition) is 1. The van der Waals surface area contributed by atoms with E-state index >= 15 is 0 Å². The van der Waals surface area contributed by atoms with Gasteiger partial charge < -0.3 is 19.3 Å². The van der Waals surface area contributed by atoms with E-state index in [-0.39, 0.29) is 6.10 Å². The van der Waals surface area contributed by atoms with Gasteiger partial charge in [0.05, 0.1) is 33.0 Å². The van der Waals surface area contributed by atoms with Crippen LogP contribution in [0.2, 0.25) is 0 Å². The minimum atomic E-state index is -0.575. The van der Waals surface area contributed by atoms with Gasteiger partial charge in [0.1, 0.15) is 11.9 Å². The summed E-state index contributed by atoms with van der Waals surface area (Å²) in [4.78, 5) is 0. The van der Waals surface area contributed by atoms with E-state index in [4.69, 9.17) is 14.2 Å². The van der Waals surface area contributed by atoms with Gasteiger partial charge in [-0.25, -0.2) is 0 Å². The number of hydrogen-bond acceptors (Lipinski definition) is 4. The Labute approximate surface area is 115 Å². The van der Waals surface area contributed by atoms with Crippen LogP contribution in [0, 0.1) is 0 Å². The fraction of sp³-hybridized carbons (Fsp3) is 0.538. The average molecular weight is 317 g/mol. The Morgan fingerprint density at radius 1 is 1.50 bits per heavy atom. The minimum absolute atomic E-state index is 0.253. The second-order valence-electron chi connectivity index (χ2n) is 4.21. The molecule has 1 aromatic carbocycles. The Hall–Kier alpha value is -0.620. The molecule has 1 aliphatic rings. The summed E-state index contributed by atoms with van der Waals surface area (Å²) in [5, 5.41) is 10.1. The maximum absolute atomic E-state index is 10.1. The van der Waals surface area contributed by atoms with E-state index < -0.39 is 6.10 Å². The number of methoxy groups -OCH3 is 1. The van der Waals surface area contributed by atoms with Gasteiger partial charge in [-0.15, -0.1) is 0 Å². The van der Waals surface area contributed by atoms with Crippen molar-refractivity contribution in [3.8, 4) is 5.75 Å². The third-order valence-electron chi connectivity index (χ3n) is 2.95. The van der Waals surface area contributed by atoms with E-state index in [1.165, 1.54) is 0 Å². The van der Waals surface area contributed by atoms with Crippen LogP contribution in [0.4, 0.5) is 0 Å². The number of aliphatic hydroxyl groups is 1. The number of benzene rings is 1. The molecule has 0 saturated carbocycles. The molecule has 2 atom stereocenters. The maximum atomic E-state index is 10.1. The molecule has 0 radical (unpaired) electrons. The molecule has 0 amide bonds. The Balaban J connectivity index is 2.03. The average Bonchev–Trinajstić information content (AvgIpc) is 2.42. The Morgan fingerprint density at radius 3 is 3.00 bits per heavy atom. The van der Waals surface area contributed by atoms with Crippen molar-refractivity contribution in [2.45, 2.75) is 18.6 Å². The van der Waals surface area contributed by atoms with E-state index in [9.17, 15) is 5.11 Å². The molecule has 1 aliphatic heterocycles. The molecule has 1 heterocycles. The summed E-state index contributed by atoms with van der Waals surface area (Å²) in [5.41, 5.74) is 0.996. The highest BCUT2D eigenvalue weighted by Gasteiger charge is 2.24. The van der Waals surface area contributed by atoms with Crippen LogP contribution < -0.4 is 4.74 Å². The first-order chi connectivity index (χ1) is 8.70. The molecule has 1 aromatic rings. The smallest absolute Gasteiger partial charge is 0.119 e. The van der Waals surface area contributed by atoms with Crippen molar-refractivity contribution in [1.29, 1.82) is 0 Å². The van der Waals surface area contributed by atoms with Crippen molar-refractivity contribution >= 4 is 15.9 Å². The minimum Gasteiger partial charge on any atom is -0.497 e. The van der Waals surface area contributed by atoms with Crippen LogP contribution in [-0.4, -0.2) is 44.2 Å². The molecular weight excluding hydrogens is 300 g/mol. The van der Waals surface area contributed by atoms with Crippen molar-refractivity contribution in [3.63, 3.8) is 0 Å². The van der Waals surface area contributed by atoms with Crippen LogP contribution in [0.15, 0.2) is 22.7 Å². The van der Waals surface area contributed by atoms with Crippen LogP contribution in [0.3, 0.4) is 0 Å². The van der Waals surface area contributed by atoms with Crippen molar-refractivity contribution in [1.82, 2.24) is 0 Å². The van der Waals surface area contributed by atoms with E-state index in [0.717, 1.165) is 15.8 Å². The van der Waals surface area contributed by atoms with Crippen molar-refractivity contribution in [3.05, 3.63) is 28.2 Å². The molecule has 2 rings (SSSR count). The predicted octanol–water partition coefficient (Wildman–Crippen LogP) is 1.78. The summed E-state index contributed by atoms with van der Waals surface area (Å²) in [6.45, 7) is 1.59. The molecule has 5 heteroatoms. The molecule has 1 fully saturated rings.